The van der Waals surface area contributed by atoms with Crippen LogP contribution in [-0.2, 0) is 4.79 Å². The molecule has 1 unspecified atom stereocenters. The van der Waals surface area contributed by atoms with Crippen LogP contribution in [-0.4, -0.2) is 59.5 Å². The Morgan fingerprint density at radius 1 is 1.35 bits per heavy atom. The molecule has 0 aliphatic carbocycles. The van der Waals surface area contributed by atoms with Gasteiger partial charge in [0.05, 0.1) is 11.5 Å². The topological polar surface area (TPSA) is 60.9 Å². The molecule has 126 valence electrons. The third kappa shape index (κ3) is 3.43. The van der Waals surface area contributed by atoms with Gasteiger partial charge in [-0.3, -0.25) is 9.59 Å². The lowest BCUT2D eigenvalue weighted by atomic mass is 9.73. The lowest BCUT2D eigenvalue weighted by Crippen LogP contribution is -2.55. The monoisotopic (exact) mass is 336 g/mol. The standard InChI is InChI=1S/C17H24N2O3S/c1-13-3-4-14(23-13)16(22)19-8-2-6-17(12-19)7-5-15(21)18(11-17)9-10-20/h3-4,20H,2,5-12H2,1H3. The smallest absolute Gasteiger partial charge is 0.263 e. The Balaban J connectivity index is 1.72. The van der Waals surface area contributed by atoms with E-state index in [0.29, 0.717) is 19.5 Å². The fourth-order valence-electron chi connectivity index (χ4n) is 3.85. The van der Waals surface area contributed by atoms with Gasteiger partial charge in [-0.15, -0.1) is 11.3 Å². The van der Waals surface area contributed by atoms with Gasteiger partial charge in [0.1, 0.15) is 0 Å². The second-order valence-corrected chi connectivity index (χ2v) is 8.07. The average Bonchev–Trinajstić information content (AvgIpc) is 2.97. The number of aliphatic hydroxyl groups excluding tert-OH is 1. The lowest BCUT2D eigenvalue weighted by Gasteiger charge is -2.48. The van der Waals surface area contributed by atoms with Gasteiger partial charge in [0.15, 0.2) is 0 Å². The van der Waals surface area contributed by atoms with E-state index in [4.69, 9.17) is 5.11 Å². The Hall–Kier alpha value is -1.40. The maximum atomic E-state index is 12.7. The highest BCUT2D eigenvalue weighted by Gasteiger charge is 2.42. The van der Waals surface area contributed by atoms with Crippen LogP contribution in [0.1, 0.15) is 40.2 Å². The molecule has 2 aliphatic heterocycles. The molecule has 1 N–H and O–H groups in total. The predicted molar refractivity (Wildman–Crippen MR) is 89.5 cm³/mol. The molecule has 1 aromatic rings. The second kappa shape index (κ2) is 6.61. The van der Waals surface area contributed by atoms with Gasteiger partial charge >= 0.3 is 0 Å². The van der Waals surface area contributed by atoms with Crippen LogP contribution in [0.25, 0.3) is 0 Å². The van der Waals surface area contributed by atoms with Crippen molar-refractivity contribution in [2.24, 2.45) is 5.41 Å². The Labute approximate surface area is 140 Å². The maximum absolute atomic E-state index is 12.7. The minimum absolute atomic E-state index is 0.00105. The highest BCUT2D eigenvalue weighted by molar-refractivity contribution is 7.13. The van der Waals surface area contributed by atoms with E-state index in [1.165, 1.54) is 0 Å². The van der Waals surface area contributed by atoms with Crippen molar-refractivity contribution in [1.29, 1.82) is 0 Å². The number of β-amino-alcohol motifs (C(OH)–C–C–N with tert-alkyl or cyclic N) is 1. The van der Waals surface area contributed by atoms with Gasteiger partial charge in [0.25, 0.3) is 5.91 Å². The van der Waals surface area contributed by atoms with Gasteiger partial charge < -0.3 is 14.9 Å². The molecule has 2 aliphatic rings. The molecule has 1 atom stereocenters. The Morgan fingerprint density at radius 3 is 2.87 bits per heavy atom. The van der Waals surface area contributed by atoms with Crippen molar-refractivity contribution in [1.82, 2.24) is 9.80 Å². The number of nitrogens with zero attached hydrogens (tertiary/aromatic N) is 2. The largest absolute Gasteiger partial charge is 0.395 e. The summed E-state index contributed by atoms with van der Waals surface area (Å²) in [6.07, 6.45) is 3.41. The number of rotatable bonds is 3. The van der Waals surface area contributed by atoms with Crippen molar-refractivity contribution in [3.63, 3.8) is 0 Å². The Morgan fingerprint density at radius 2 is 2.17 bits per heavy atom. The van der Waals surface area contributed by atoms with Crippen LogP contribution in [0, 0.1) is 12.3 Å². The van der Waals surface area contributed by atoms with Crippen molar-refractivity contribution >= 4 is 23.2 Å². The number of amides is 2. The third-order valence-electron chi connectivity index (χ3n) is 5.02. The molecule has 1 aromatic heterocycles. The molecule has 3 rings (SSSR count). The molecule has 0 bridgehead atoms. The zero-order valence-electron chi connectivity index (χ0n) is 13.6. The number of aryl methyl sites for hydroxylation is 1. The van der Waals surface area contributed by atoms with Crippen molar-refractivity contribution in [2.45, 2.75) is 32.6 Å². The van der Waals surface area contributed by atoms with E-state index in [1.54, 1.807) is 16.2 Å². The molecule has 3 heterocycles. The number of likely N-dealkylation sites (tertiary alicyclic amines) is 2. The second-order valence-electron chi connectivity index (χ2n) is 6.78. The van der Waals surface area contributed by atoms with E-state index in [0.717, 1.165) is 42.1 Å². The summed E-state index contributed by atoms with van der Waals surface area (Å²) in [5.74, 6) is 0.245. The first-order chi connectivity index (χ1) is 11.0. The normalized spacial score (nSPS) is 25.2. The summed E-state index contributed by atoms with van der Waals surface area (Å²) in [6, 6.07) is 3.89. The number of piperidine rings is 2. The maximum Gasteiger partial charge on any atom is 0.263 e. The fraction of sp³-hybridized carbons (Fsp3) is 0.647. The van der Waals surface area contributed by atoms with E-state index in [2.05, 4.69) is 0 Å². The third-order valence-corrected chi connectivity index (χ3v) is 6.01. The van der Waals surface area contributed by atoms with Crippen LogP contribution >= 0.6 is 11.3 Å². The SMILES string of the molecule is Cc1ccc(C(=O)N2CCCC3(CCC(=O)N(CCO)C3)C2)s1. The average molecular weight is 336 g/mol. The summed E-state index contributed by atoms with van der Waals surface area (Å²) in [4.78, 5) is 30.4. The van der Waals surface area contributed by atoms with E-state index in [-0.39, 0.29) is 23.8 Å². The van der Waals surface area contributed by atoms with Crippen LogP contribution in [0.2, 0.25) is 0 Å². The van der Waals surface area contributed by atoms with Crippen LogP contribution in [0.3, 0.4) is 0 Å². The van der Waals surface area contributed by atoms with Gasteiger partial charge in [0, 0.05) is 42.9 Å². The molecule has 2 fully saturated rings. The molecule has 0 saturated carbocycles. The summed E-state index contributed by atoms with van der Waals surface area (Å²) in [6.45, 7) is 4.60. The zero-order valence-corrected chi connectivity index (χ0v) is 14.4. The molecule has 23 heavy (non-hydrogen) atoms. The number of aliphatic hydroxyl groups is 1. The highest BCUT2D eigenvalue weighted by atomic mass is 32.1. The summed E-state index contributed by atoms with van der Waals surface area (Å²) in [5, 5.41) is 9.16. The molecule has 2 saturated heterocycles. The Kier molecular flexibility index (Phi) is 4.73. The Bertz CT molecular complexity index is 600. The van der Waals surface area contributed by atoms with E-state index < -0.39 is 0 Å². The minimum atomic E-state index is -0.00105. The van der Waals surface area contributed by atoms with Crippen molar-refractivity contribution < 1.29 is 14.7 Å². The molecule has 6 heteroatoms. The first-order valence-corrected chi connectivity index (χ1v) is 9.09. The summed E-state index contributed by atoms with van der Waals surface area (Å²) >= 11 is 1.54. The van der Waals surface area contributed by atoms with Gasteiger partial charge in [-0.1, -0.05) is 0 Å². The molecule has 0 aromatic carbocycles. The molecular formula is C17H24N2O3S. The first-order valence-electron chi connectivity index (χ1n) is 8.27. The van der Waals surface area contributed by atoms with Crippen LogP contribution in [0.15, 0.2) is 12.1 Å². The number of thiophene rings is 1. The van der Waals surface area contributed by atoms with Gasteiger partial charge in [0.2, 0.25) is 5.91 Å². The molecule has 1 spiro atoms. The van der Waals surface area contributed by atoms with Gasteiger partial charge in [-0.25, -0.2) is 0 Å². The molecule has 0 radical (unpaired) electrons. The summed E-state index contributed by atoms with van der Waals surface area (Å²) in [5.41, 5.74) is 0.00327. The minimum Gasteiger partial charge on any atom is -0.395 e. The van der Waals surface area contributed by atoms with Crippen LogP contribution < -0.4 is 0 Å². The van der Waals surface area contributed by atoms with E-state index in [9.17, 15) is 9.59 Å². The molecule has 2 amide bonds. The fourth-order valence-corrected chi connectivity index (χ4v) is 4.68. The first kappa shape index (κ1) is 16.5. The number of hydrogen-bond acceptors (Lipinski definition) is 4. The molecular weight excluding hydrogens is 312 g/mol. The summed E-state index contributed by atoms with van der Waals surface area (Å²) < 4.78 is 0. The number of carbonyl (C=O) groups is 2. The highest BCUT2D eigenvalue weighted by Crippen LogP contribution is 2.39. The van der Waals surface area contributed by atoms with Crippen LogP contribution in [0.5, 0.6) is 0 Å². The number of carbonyl (C=O) groups excluding carboxylic acids is 2. The lowest BCUT2D eigenvalue weighted by molar-refractivity contribution is -0.139. The molecule has 5 nitrogen and oxygen atoms in total. The zero-order chi connectivity index (χ0) is 16.4. The van der Waals surface area contributed by atoms with Gasteiger partial charge in [-0.05, 0) is 38.3 Å². The predicted octanol–water partition coefficient (Wildman–Crippen LogP) is 1.89. The van der Waals surface area contributed by atoms with Crippen molar-refractivity contribution in [2.75, 3.05) is 32.8 Å². The van der Waals surface area contributed by atoms with E-state index in [1.807, 2.05) is 24.0 Å². The van der Waals surface area contributed by atoms with E-state index >= 15 is 0 Å². The number of hydrogen-bond donors (Lipinski definition) is 1. The summed E-state index contributed by atoms with van der Waals surface area (Å²) in [7, 11) is 0. The van der Waals surface area contributed by atoms with Crippen molar-refractivity contribution in [3.8, 4) is 0 Å². The van der Waals surface area contributed by atoms with Gasteiger partial charge in [-0.2, -0.15) is 0 Å². The van der Waals surface area contributed by atoms with Crippen LogP contribution in [0.4, 0.5) is 0 Å². The quantitative estimate of drug-likeness (QED) is 0.917. The van der Waals surface area contributed by atoms with Crippen molar-refractivity contribution in [3.05, 3.63) is 21.9 Å².